The number of ether oxygens (including phenoxy) is 3. The van der Waals surface area contributed by atoms with E-state index >= 15 is 0 Å². The fraction of sp³-hybridized carbons (Fsp3) is 0.480. The molecule has 0 saturated heterocycles. The average molecular weight is 515 g/mol. The van der Waals surface area contributed by atoms with Crippen LogP contribution in [0.15, 0.2) is 30.6 Å². The van der Waals surface area contributed by atoms with Gasteiger partial charge in [0.15, 0.2) is 5.82 Å². The molecule has 2 aromatic heterocycles. The van der Waals surface area contributed by atoms with E-state index in [9.17, 15) is 14.4 Å². The zero-order chi connectivity index (χ0) is 27.9. The minimum Gasteiger partial charge on any atom is -0.443 e. The van der Waals surface area contributed by atoms with Crippen LogP contribution in [0, 0.1) is 0 Å². The van der Waals surface area contributed by atoms with Crippen molar-refractivity contribution in [3.05, 3.63) is 30.6 Å². The fourth-order valence-corrected chi connectivity index (χ4v) is 3.26. The van der Waals surface area contributed by atoms with E-state index < -0.39 is 35.1 Å². The van der Waals surface area contributed by atoms with Gasteiger partial charge < -0.3 is 19.9 Å². The highest BCUT2D eigenvalue weighted by Gasteiger charge is 2.37. The summed E-state index contributed by atoms with van der Waals surface area (Å²) in [6.45, 7) is 15.1. The minimum absolute atomic E-state index is 0.200. The van der Waals surface area contributed by atoms with Crippen molar-refractivity contribution >= 4 is 40.7 Å². The third kappa shape index (κ3) is 6.57. The van der Waals surface area contributed by atoms with E-state index in [1.807, 2.05) is 0 Å². The maximum Gasteiger partial charge on any atom is 0.435 e. The second-order valence-electron chi connectivity index (χ2n) is 11.4. The summed E-state index contributed by atoms with van der Waals surface area (Å²) < 4.78 is 19.0. The number of rotatable bonds is 2. The number of fused-ring (bicyclic) bond motifs is 1. The summed E-state index contributed by atoms with van der Waals surface area (Å²) in [5.74, 6) is -0.200. The number of benzene rings is 1. The first-order chi connectivity index (χ1) is 16.9. The number of anilines is 2. The number of nitrogen functional groups attached to an aromatic ring is 1. The first-order valence-electron chi connectivity index (χ1n) is 11.7. The molecule has 0 aliphatic carbocycles. The molecule has 3 rings (SSSR count). The van der Waals surface area contributed by atoms with E-state index in [1.54, 1.807) is 86.7 Å². The zero-order valence-electron chi connectivity index (χ0n) is 22.6. The number of hydrogen-bond acceptors (Lipinski definition) is 9. The topological polar surface area (TPSA) is 144 Å². The van der Waals surface area contributed by atoms with Gasteiger partial charge in [-0.1, -0.05) is 6.07 Å². The van der Waals surface area contributed by atoms with Crippen LogP contribution in [0.5, 0.6) is 0 Å². The third-order valence-corrected chi connectivity index (χ3v) is 4.45. The third-order valence-electron chi connectivity index (χ3n) is 4.45. The lowest BCUT2D eigenvalue weighted by Gasteiger charge is -2.27. The lowest BCUT2D eigenvalue weighted by Crippen LogP contribution is -2.44. The molecule has 0 bridgehead atoms. The molecule has 2 heterocycles. The maximum atomic E-state index is 13.4. The van der Waals surface area contributed by atoms with Crippen LogP contribution in [0.4, 0.5) is 25.9 Å². The summed E-state index contributed by atoms with van der Waals surface area (Å²) in [5.41, 5.74) is 4.20. The summed E-state index contributed by atoms with van der Waals surface area (Å²) in [4.78, 5) is 40.6. The van der Waals surface area contributed by atoms with Gasteiger partial charge in [0.25, 0.3) is 0 Å². The normalized spacial score (nSPS) is 12.4. The molecule has 0 saturated carbocycles. The Morgan fingerprint density at radius 2 is 1.41 bits per heavy atom. The predicted octanol–water partition coefficient (Wildman–Crippen LogP) is 5.26. The Hall–Kier alpha value is -4.09. The SMILES string of the molecule is CC(C)(C)OC(=O)N(C(=O)OC(C)(C)C)c1nn(C(=O)OC(C)(C)C)c2cccc(-n3cc(N)cn3)c12. The molecule has 0 aliphatic rings. The molecule has 12 heteroatoms. The second kappa shape index (κ2) is 9.41. The monoisotopic (exact) mass is 514 g/mol. The molecule has 0 spiro atoms. The van der Waals surface area contributed by atoms with Gasteiger partial charge >= 0.3 is 18.3 Å². The smallest absolute Gasteiger partial charge is 0.435 e. The van der Waals surface area contributed by atoms with E-state index in [0.29, 0.717) is 16.3 Å². The molecular formula is C25H34N6O6. The Morgan fingerprint density at radius 3 is 1.86 bits per heavy atom. The number of aromatic nitrogens is 4. The molecule has 0 aliphatic heterocycles. The number of hydrogen-bond donors (Lipinski definition) is 1. The average Bonchev–Trinajstić information content (AvgIpc) is 3.28. The maximum absolute atomic E-state index is 13.4. The minimum atomic E-state index is -1.03. The Bertz CT molecular complexity index is 1310. The van der Waals surface area contributed by atoms with Gasteiger partial charge in [0, 0.05) is 0 Å². The largest absolute Gasteiger partial charge is 0.443 e. The number of nitrogens with two attached hydrogens (primary N) is 1. The van der Waals surface area contributed by atoms with Crippen LogP contribution >= 0.6 is 0 Å². The van der Waals surface area contributed by atoms with Gasteiger partial charge in [-0.25, -0.2) is 19.1 Å². The zero-order valence-corrected chi connectivity index (χ0v) is 22.6. The Morgan fingerprint density at radius 1 is 0.865 bits per heavy atom. The van der Waals surface area contributed by atoms with Crippen LogP contribution in [-0.2, 0) is 14.2 Å². The number of carbonyl (C=O) groups excluding carboxylic acids is 3. The van der Waals surface area contributed by atoms with Crippen LogP contribution in [0.25, 0.3) is 16.6 Å². The first kappa shape index (κ1) is 27.5. The Balaban J connectivity index is 2.35. The van der Waals surface area contributed by atoms with Crippen LogP contribution in [0.3, 0.4) is 0 Å². The van der Waals surface area contributed by atoms with Crippen molar-refractivity contribution in [2.24, 2.45) is 0 Å². The van der Waals surface area contributed by atoms with Crippen LogP contribution in [0.2, 0.25) is 0 Å². The van der Waals surface area contributed by atoms with Crippen molar-refractivity contribution in [2.75, 3.05) is 10.6 Å². The number of nitrogens with zero attached hydrogens (tertiary/aromatic N) is 5. The van der Waals surface area contributed by atoms with Gasteiger partial charge in [0.1, 0.15) is 16.8 Å². The van der Waals surface area contributed by atoms with Gasteiger partial charge in [-0.05, 0) is 74.4 Å². The van der Waals surface area contributed by atoms with E-state index in [4.69, 9.17) is 19.9 Å². The van der Waals surface area contributed by atoms with E-state index in [1.165, 1.54) is 10.9 Å². The summed E-state index contributed by atoms with van der Waals surface area (Å²) in [7, 11) is 0. The van der Waals surface area contributed by atoms with Gasteiger partial charge in [-0.2, -0.15) is 14.7 Å². The van der Waals surface area contributed by atoms with Crippen LogP contribution in [-0.4, -0.2) is 54.6 Å². The fourth-order valence-electron chi connectivity index (χ4n) is 3.26. The van der Waals surface area contributed by atoms with E-state index in [0.717, 1.165) is 4.68 Å². The van der Waals surface area contributed by atoms with Crippen molar-refractivity contribution < 1.29 is 28.6 Å². The van der Waals surface area contributed by atoms with E-state index in [-0.39, 0.29) is 16.7 Å². The standard InChI is InChI=1S/C25H34N6O6/c1-23(2,3)35-20(32)30(21(33)36-24(4,5)6)19-18-16(29-14-15(26)13-27-29)11-10-12-17(18)31(28-19)22(34)37-25(7,8)9/h10-14H,26H2,1-9H3. The molecule has 0 fully saturated rings. The lowest BCUT2D eigenvalue weighted by molar-refractivity contribution is 0.0421. The van der Waals surface area contributed by atoms with Gasteiger partial charge in [0.05, 0.1) is 34.7 Å². The Labute approximate surface area is 215 Å². The summed E-state index contributed by atoms with van der Waals surface area (Å²) in [5, 5.41) is 8.85. The quantitative estimate of drug-likeness (QED) is 0.452. The van der Waals surface area contributed by atoms with Crippen molar-refractivity contribution in [3.8, 4) is 5.69 Å². The summed E-state index contributed by atoms with van der Waals surface area (Å²) in [6, 6.07) is 4.96. The highest BCUT2D eigenvalue weighted by molar-refractivity contribution is 6.16. The van der Waals surface area contributed by atoms with Crippen LogP contribution in [0.1, 0.15) is 62.3 Å². The number of carbonyl (C=O) groups is 3. The van der Waals surface area contributed by atoms with E-state index in [2.05, 4.69) is 10.2 Å². The molecule has 12 nitrogen and oxygen atoms in total. The van der Waals surface area contributed by atoms with Gasteiger partial charge in [-0.15, -0.1) is 5.10 Å². The van der Waals surface area contributed by atoms with Crippen molar-refractivity contribution in [1.82, 2.24) is 19.6 Å². The predicted molar refractivity (Wildman–Crippen MR) is 138 cm³/mol. The second-order valence-corrected chi connectivity index (χ2v) is 11.4. The first-order valence-corrected chi connectivity index (χ1v) is 11.7. The molecule has 200 valence electrons. The molecule has 2 N–H and O–H groups in total. The number of imide groups is 1. The van der Waals surface area contributed by atoms with Crippen molar-refractivity contribution in [1.29, 1.82) is 0 Å². The highest BCUT2D eigenvalue weighted by Crippen LogP contribution is 2.34. The molecule has 3 aromatic rings. The molecule has 1 aromatic carbocycles. The molecule has 0 unspecified atom stereocenters. The molecular weight excluding hydrogens is 480 g/mol. The number of amides is 2. The van der Waals surface area contributed by atoms with Crippen molar-refractivity contribution in [2.45, 2.75) is 79.1 Å². The summed E-state index contributed by atoms with van der Waals surface area (Å²) >= 11 is 0. The molecule has 0 radical (unpaired) electrons. The molecule has 2 amide bonds. The van der Waals surface area contributed by atoms with Gasteiger partial charge in [0.2, 0.25) is 0 Å². The highest BCUT2D eigenvalue weighted by atomic mass is 16.6. The van der Waals surface area contributed by atoms with Gasteiger partial charge in [-0.3, -0.25) is 0 Å². The summed E-state index contributed by atoms with van der Waals surface area (Å²) in [6.07, 6.45) is 0.110. The van der Waals surface area contributed by atoms with Crippen LogP contribution < -0.4 is 10.6 Å². The lowest BCUT2D eigenvalue weighted by atomic mass is 10.2. The Kier molecular flexibility index (Phi) is 7.00. The molecule has 37 heavy (non-hydrogen) atoms. The van der Waals surface area contributed by atoms with Crippen molar-refractivity contribution in [3.63, 3.8) is 0 Å². The molecule has 0 atom stereocenters.